The largest absolute Gasteiger partial charge is 0.479 e. The summed E-state index contributed by atoms with van der Waals surface area (Å²) in [6, 6.07) is 0. The highest BCUT2D eigenvalue weighted by molar-refractivity contribution is 5.77. The maximum absolute atomic E-state index is 11.4. The maximum atomic E-state index is 11.4. The molecule has 0 unspecified atom stereocenters. The molecule has 1 N–H and O–H groups in total. The van der Waals surface area contributed by atoms with Crippen LogP contribution in [0.2, 0.25) is 0 Å². The van der Waals surface area contributed by atoms with E-state index in [0.29, 0.717) is 31.3 Å². The van der Waals surface area contributed by atoms with Gasteiger partial charge >= 0.3 is 5.97 Å². The zero-order valence-corrected chi connectivity index (χ0v) is 11.4. The van der Waals surface area contributed by atoms with Gasteiger partial charge in [-0.05, 0) is 50.4 Å². The van der Waals surface area contributed by atoms with Crippen LogP contribution >= 0.6 is 0 Å². The summed E-state index contributed by atoms with van der Waals surface area (Å²) in [6.07, 6.45) is 5.34. The standard InChI is InChI=1S/C14H26O3/c1-11(2)5-4-10-17-14(13(15)16)8-6-12(3)7-9-14/h11-12H,4-10H2,1-3H3,(H,15,16). The molecule has 3 nitrogen and oxygen atoms in total. The molecule has 1 aliphatic rings. The van der Waals surface area contributed by atoms with Crippen molar-refractivity contribution in [1.82, 2.24) is 0 Å². The first-order valence-electron chi connectivity index (χ1n) is 6.83. The average molecular weight is 242 g/mol. The van der Waals surface area contributed by atoms with Crippen LogP contribution in [0.4, 0.5) is 0 Å². The highest BCUT2D eigenvalue weighted by Crippen LogP contribution is 2.35. The molecule has 0 aromatic rings. The molecule has 0 aromatic carbocycles. The average Bonchev–Trinajstić information content (AvgIpc) is 2.26. The van der Waals surface area contributed by atoms with Crippen molar-refractivity contribution in [3.63, 3.8) is 0 Å². The number of hydrogen-bond acceptors (Lipinski definition) is 2. The van der Waals surface area contributed by atoms with E-state index in [1.165, 1.54) is 0 Å². The lowest BCUT2D eigenvalue weighted by atomic mass is 9.79. The lowest BCUT2D eigenvalue weighted by Gasteiger charge is -2.35. The summed E-state index contributed by atoms with van der Waals surface area (Å²) >= 11 is 0. The van der Waals surface area contributed by atoms with E-state index in [0.717, 1.165) is 25.7 Å². The van der Waals surface area contributed by atoms with Crippen molar-refractivity contribution in [2.45, 2.75) is 64.9 Å². The molecule has 0 atom stereocenters. The molecule has 0 heterocycles. The van der Waals surface area contributed by atoms with Crippen LogP contribution in [-0.4, -0.2) is 23.3 Å². The van der Waals surface area contributed by atoms with E-state index >= 15 is 0 Å². The van der Waals surface area contributed by atoms with Gasteiger partial charge in [-0.3, -0.25) is 0 Å². The third kappa shape index (κ3) is 4.30. The Morgan fingerprint density at radius 1 is 1.41 bits per heavy atom. The molecule has 0 saturated heterocycles. The van der Waals surface area contributed by atoms with Gasteiger partial charge in [-0.25, -0.2) is 4.79 Å². The lowest BCUT2D eigenvalue weighted by molar-refractivity contribution is -0.172. The van der Waals surface area contributed by atoms with Gasteiger partial charge in [0.1, 0.15) is 0 Å². The molecular weight excluding hydrogens is 216 g/mol. The van der Waals surface area contributed by atoms with E-state index in [4.69, 9.17) is 4.74 Å². The minimum Gasteiger partial charge on any atom is -0.479 e. The van der Waals surface area contributed by atoms with Crippen LogP contribution in [0.25, 0.3) is 0 Å². The highest BCUT2D eigenvalue weighted by Gasteiger charge is 2.42. The molecule has 0 radical (unpaired) electrons. The molecule has 0 aromatic heterocycles. The van der Waals surface area contributed by atoms with E-state index in [1.54, 1.807) is 0 Å². The van der Waals surface area contributed by atoms with Crippen molar-refractivity contribution < 1.29 is 14.6 Å². The van der Waals surface area contributed by atoms with E-state index in [2.05, 4.69) is 20.8 Å². The molecule has 1 rings (SSSR count). The second-order valence-corrected chi connectivity index (χ2v) is 5.87. The Bertz CT molecular complexity index is 240. The molecule has 0 amide bonds. The molecule has 1 fully saturated rings. The number of hydrogen-bond donors (Lipinski definition) is 1. The van der Waals surface area contributed by atoms with E-state index in [1.807, 2.05) is 0 Å². The molecule has 3 heteroatoms. The fourth-order valence-electron chi connectivity index (χ4n) is 2.41. The Kier molecular flexibility index (Phi) is 5.44. The highest BCUT2D eigenvalue weighted by atomic mass is 16.5. The molecule has 1 aliphatic carbocycles. The Morgan fingerprint density at radius 3 is 2.47 bits per heavy atom. The quantitative estimate of drug-likeness (QED) is 0.725. The summed E-state index contributed by atoms with van der Waals surface area (Å²) in [5.74, 6) is 0.529. The van der Waals surface area contributed by atoms with Gasteiger partial charge < -0.3 is 9.84 Å². The van der Waals surface area contributed by atoms with E-state index in [9.17, 15) is 9.90 Å². The predicted molar refractivity (Wildman–Crippen MR) is 68.0 cm³/mol. The predicted octanol–water partition coefficient (Wildman–Crippen LogP) is 3.47. The number of carboxylic acids is 1. The van der Waals surface area contributed by atoms with Gasteiger partial charge in [-0.2, -0.15) is 0 Å². The molecule has 100 valence electrons. The number of carbonyl (C=O) groups is 1. The summed E-state index contributed by atoms with van der Waals surface area (Å²) < 4.78 is 5.73. The summed E-state index contributed by atoms with van der Waals surface area (Å²) in [7, 11) is 0. The summed E-state index contributed by atoms with van der Waals surface area (Å²) in [5, 5.41) is 9.36. The van der Waals surface area contributed by atoms with Gasteiger partial charge in [-0.1, -0.05) is 20.8 Å². The molecule has 0 aliphatic heterocycles. The zero-order chi connectivity index (χ0) is 12.9. The first-order chi connectivity index (χ1) is 7.96. The van der Waals surface area contributed by atoms with Gasteiger partial charge in [0.15, 0.2) is 5.60 Å². The van der Waals surface area contributed by atoms with Crippen molar-refractivity contribution >= 4 is 5.97 Å². The minimum atomic E-state index is -0.885. The van der Waals surface area contributed by atoms with E-state index < -0.39 is 11.6 Å². The Morgan fingerprint density at radius 2 is 2.00 bits per heavy atom. The van der Waals surface area contributed by atoms with Crippen LogP contribution in [0.3, 0.4) is 0 Å². The Hall–Kier alpha value is -0.570. The minimum absolute atomic E-state index is 0.582. The molecule has 1 saturated carbocycles. The molecule has 0 bridgehead atoms. The van der Waals surface area contributed by atoms with Gasteiger partial charge in [0.05, 0.1) is 0 Å². The maximum Gasteiger partial charge on any atom is 0.335 e. The van der Waals surface area contributed by atoms with Crippen molar-refractivity contribution in [3.8, 4) is 0 Å². The van der Waals surface area contributed by atoms with Crippen molar-refractivity contribution in [3.05, 3.63) is 0 Å². The summed E-state index contributed by atoms with van der Waals surface area (Å²) in [4.78, 5) is 11.4. The van der Waals surface area contributed by atoms with Crippen LogP contribution in [0, 0.1) is 11.8 Å². The van der Waals surface area contributed by atoms with Gasteiger partial charge in [0.2, 0.25) is 0 Å². The summed E-state index contributed by atoms with van der Waals surface area (Å²) in [6.45, 7) is 7.12. The molecule has 0 spiro atoms. The third-order valence-electron chi connectivity index (χ3n) is 3.78. The lowest BCUT2D eigenvalue weighted by Crippen LogP contribution is -2.44. The normalized spacial score (nSPS) is 29.5. The summed E-state index contributed by atoms with van der Waals surface area (Å²) in [5.41, 5.74) is -0.885. The number of ether oxygens (including phenoxy) is 1. The molecule has 17 heavy (non-hydrogen) atoms. The van der Waals surface area contributed by atoms with Gasteiger partial charge in [0, 0.05) is 6.61 Å². The van der Waals surface area contributed by atoms with Crippen molar-refractivity contribution in [1.29, 1.82) is 0 Å². The number of aliphatic carboxylic acids is 1. The van der Waals surface area contributed by atoms with Crippen LogP contribution in [0.1, 0.15) is 59.3 Å². The fourth-order valence-corrected chi connectivity index (χ4v) is 2.41. The second kappa shape index (κ2) is 6.39. The SMILES string of the molecule is CC(C)CCCOC1(C(=O)O)CCC(C)CC1. The van der Waals surface area contributed by atoms with Crippen LogP contribution in [0.15, 0.2) is 0 Å². The van der Waals surface area contributed by atoms with Crippen LogP contribution < -0.4 is 0 Å². The van der Waals surface area contributed by atoms with Crippen molar-refractivity contribution in [2.75, 3.05) is 6.61 Å². The number of rotatable bonds is 6. The Balaban J connectivity index is 2.41. The molecular formula is C14H26O3. The van der Waals surface area contributed by atoms with Gasteiger partial charge in [0.25, 0.3) is 0 Å². The first-order valence-corrected chi connectivity index (χ1v) is 6.83. The van der Waals surface area contributed by atoms with Crippen LogP contribution in [-0.2, 0) is 9.53 Å². The number of carboxylic acid groups (broad SMARTS) is 1. The zero-order valence-electron chi connectivity index (χ0n) is 11.4. The fraction of sp³-hybridized carbons (Fsp3) is 0.929. The van der Waals surface area contributed by atoms with E-state index in [-0.39, 0.29) is 0 Å². The van der Waals surface area contributed by atoms with Gasteiger partial charge in [-0.15, -0.1) is 0 Å². The second-order valence-electron chi connectivity index (χ2n) is 5.87. The third-order valence-corrected chi connectivity index (χ3v) is 3.78. The topological polar surface area (TPSA) is 46.5 Å². The first kappa shape index (κ1) is 14.5. The smallest absolute Gasteiger partial charge is 0.335 e. The van der Waals surface area contributed by atoms with Crippen molar-refractivity contribution in [2.24, 2.45) is 11.8 Å². The monoisotopic (exact) mass is 242 g/mol. The Labute approximate surface area is 105 Å². The van der Waals surface area contributed by atoms with Crippen LogP contribution in [0.5, 0.6) is 0 Å².